The Hall–Kier alpha value is -2.58. The summed E-state index contributed by atoms with van der Waals surface area (Å²) in [5.74, 6) is 0. The monoisotopic (exact) mass is 248 g/mol. The van der Waals surface area contributed by atoms with Crippen molar-refractivity contribution >= 4 is 27.4 Å². The Bertz CT molecular complexity index is 846. The summed E-state index contributed by atoms with van der Waals surface area (Å²) in [7, 11) is 0. The van der Waals surface area contributed by atoms with E-state index in [0.29, 0.717) is 5.69 Å². The zero-order valence-electron chi connectivity index (χ0n) is 10.8. The molecular formula is C15H12N4. The molecular weight excluding hydrogens is 236 g/mol. The summed E-state index contributed by atoms with van der Waals surface area (Å²) in [6, 6.07) is 11.9. The Kier molecular flexibility index (Phi) is 2.58. The Morgan fingerprint density at radius 3 is 2.74 bits per heavy atom. The largest absolute Gasteiger partial charge is 0.252 e. The van der Waals surface area contributed by atoms with Crippen molar-refractivity contribution in [2.75, 3.05) is 0 Å². The van der Waals surface area contributed by atoms with Crippen LogP contribution in [0.3, 0.4) is 0 Å². The Balaban J connectivity index is 2.62. The van der Waals surface area contributed by atoms with Crippen LogP contribution in [-0.2, 0) is 0 Å². The van der Waals surface area contributed by atoms with Gasteiger partial charge in [0.2, 0.25) is 0 Å². The molecule has 0 aliphatic heterocycles. The number of azide groups is 1. The van der Waals surface area contributed by atoms with Gasteiger partial charge in [-0.2, -0.15) is 0 Å². The minimum Gasteiger partial charge on any atom is -0.252 e. The van der Waals surface area contributed by atoms with Gasteiger partial charge in [0, 0.05) is 27.1 Å². The molecule has 0 saturated heterocycles. The van der Waals surface area contributed by atoms with Crippen LogP contribution in [0.15, 0.2) is 41.5 Å². The molecule has 0 aliphatic carbocycles. The van der Waals surface area contributed by atoms with Crippen molar-refractivity contribution in [3.05, 3.63) is 58.1 Å². The fourth-order valence-corrected chi connectivity index (χ4v) is 2.45. The second-order valence-corrected chi connectivity index (χ2v) is 4.61. The first-order valence-electron chi connectivity index (χ1n) is 6.05. The number of rotatable bonds is 1. The van der Waals surface area contributed by atoms with E-state index in [9.17, 15) is 0 Å². The van der Waals surface area contributed by atoms with E-state index in [-0.39, 0.29) is 0 Å². The van der Waals surface area contributed by atoms with Gasteiger partial charge in [0.1, 0.15) is 0 Å². The SMILES string of the molecule is Cc1ccc2c(C)nc3cccc(N=[N+]=[N-])c3c2c1. The minimum atomic E-state index is 0.628. The number of hydrogen-bond donors (Lipinski definition) is 0. The number of nitrogens with zero attached hydrogens (tertiary/aromatic N) is 4. The van der Waals surface area contributed by atoms with E-state index in [1.165, 1.54) is 5.56 Å². The first-order chi connectivity index (χ1) is 9.20. The number of hydrogen-bond acceptors (Lipinski definition) is 2. The second-order valence-electron chi connectivity index (χ2n) is 4.61. The van der Waals surface area contributed by atoms with Crippen LogP contribution in [0, 0.1) is 13.8 Å². The molecule has 1 aromatic heterocycles. The van der Waals surface area contributed by atoms with Gasteiger partial charge in [0.05, 0.1) is 5.52 Å². The van der Waals surface area contributed by atoms with E-state index in [4.69, 9.17) is 5.53 Å². The van der Waals surface area contributed by atoms with Gasteiger partial charge in [-0.3, -0.25) is 4.98 Å². The van der Waals surface area contributed by atoms with Gasteiger partial charge in [-0.1, -0.05) is 41.0 Å². The molecule has 3 rings (SSSR count). The maximum Gasteiger partial charge on any atom is 0.0716 e. The molecule has 0 amide bonds. The normalized spacial score (nSPS) is 10.6. The maximum atomic E-state index is 8.70. The van der Waals surface area contributed by atoms with Crippen molar-refractivity contribution in [1.82, 2.24) is 4.98 Å². The highest BCUT2D eigenvalue weighted by atomic mass is 15.1. The number of aryl methyl sites for hydroxylation is 2. The molecule has 0 N–H and O–H groups in total. The maximum absolute atomic E-state index is 8.70. The van der Waals surface area contributed by atoms with Crippen molar-refractivity contribution < 1.29 is 0 Å². The van der Waals surface area contributed by atoms with Crippen LogP contribution in [-0.4, -0.2) is 4.98 Å². The smallest absolute Gasteiger partial charge is 0.0716 e. The molecule has 0 atom stereocenters. The highest BCUT2D eigenvalue weighted by molar-refractivity contribution is 6.12. The lowest BCUT2D eigenvalue weighted by Crippen LogP contribution is -1.88. The number of aromatic nitrogens is 1. The standard InChI is InChI=1S/C15H12N4/c1-9-6-7-11-10(2)17-13-4-3-5-14(18-19-16)15(13)12(11)8-9/h3-8H,1-2H3. The molecule has 92 valence electrons. The molecule has 0 unspecified atom stereocenters. The lowest BCUT2D eigenvalue weighted by molar-refractivity contribution is 1.28. The molecule has 0 radical (unpaired) electrons. The molecule has 0 bridgehead atoms. The van der Waals surface area contributed by atoms with Crippen LogP contribution >= 0.6 is 0 Å². The molecule has 0 fully saturated rings. The van der Waals surface area contributed by atoms with E-state index in [1.807, 2.05) is 25.1 Å². The average Bonchev–Trinajstić information content (AvgIpc) is 2.39. The molecule has 2 aromatic carbocycles. The molecule has 0 spiro atoms. The fourth-order valence-electron chi connectivity index (χ4n) is 2.45. The summed E-state index contributed by atoms with van der Waals surface area (Å²) in [6.07, 6.45) is 0. The third kappa shape index (κ3) is 1.79. The van der Waals surface area contributed by atoms with Gasteiger partial charge in [-0.05, 0) is 30.8 Å². The summed E-state index contributed by atoms with van der Waals surface area (Å²) in [6.45, 7) is 4.05. The van der Waals surface area contributed by atoms with Crippen LogP contribution in [0.2, 0.25) is 0 Å². The lowest BCUT2D eigenvalue weighted by Gasteiger charge is -2.09. The first-order valence-corrected chi connectivity index (χ1v) is 6.05. The molecule has 4 heteroatoms. The van der Waals surface area contributed by atoms with E-state index >= 15 is 0 Å². The van der Waals surface area contributed by atoms with Crippen molar-refractivity contribution in [3.63, 3.8) is 0 Å². The Morgan fingerprint density at radius 2 is 1.95 bits per heavy atom. The Morgan fingerprint density at radius 1 is 1.11 bits per heavy atom. The van der Waals surface area contributed by atoms with Gasteiger partial charge < -0.3 is 0 Å². The van der Waals surface area contributed by atoms with Crippen LogP contribution in [0.4, 0.5) is 5.69 Å². The molecule has 3 aromatic rings. The highest BCUT2D eigenvalue weighted by Crippen LogP contribution is 2.33. The zero-order chi connectivity index (χ0) is 13.4. The quantitative estimate of drug-likeness (QED) is 0.260. The summed E-state index contributed by atoms with van der Waals surface area (Å²) < 4.78 is 0. The van der Waals surface area contributed by atoms with Crippen molar-refractivity contribution in [2.45, 2.75) is 13.8 Å². The second kappa shape index (κ2) is 4.26. The minimum absolute atomic E-state index is 0.628. The molecule has 4 nitrogen and oxygen atoms in total. The number of fused-ring (bicyclic) bond motifs is 3. The molecule has 19 heavy (non-hydrogen) atoms. The van der Waals surface area contributed by atoms with Crippen LogP contribution in [0.25, 0.3) is 32.1 Å². The van der Waals surface area contributed by atoms with Gasteiger partial charge in [-0.15, -0.1) is 0 Å². The summed E-state index contributed by atoms with van der Waals surface area (Å²) in [4.78, 5) is 7.50. The zero-order valence-corrected chi connectivity index (χ0v) is 10.8. The topological polar surface area (TPSA) is 61.7 Å². The molecule has 0 saturated carbocycles. The van der Waals surface area contributed by atoms with Crippen LogP contribution in [0.1, 0.15) is 11.3 Å². The molecule has 0 aliphatic rings. The highest BCUT2D eigenvalue weighted by Gasteiger charge is 2.08. The summed E-state index contributed by atoms with van der Waals surface area (Å²) in [5, 5.41) is 6.89. The van der Waals surface area contributed by atoms with Crippen molar-refractivity contribution in [2.24, 2.45) is 5.11 Å². The van der Waals surface area contributed by atoms with Crippen LogP contribution < -0.4 is 0 Å². The lowest BCUT2D eigenvalue weighted by atomic mass is 10.0. The predicted octanol–water partition coefficient (Wildman–Crippen LogP) is 4.95. The average molecular weight is 248 g/mol. The van der Waals surface area contributed by atoms with E-state index < -0.39 is 0 Å². The fraction of sp³-hybridized carbons (Fsp3) is 0.133. The first kappa shape index (κ1) is 11.5. The summed E-state index contributed by atoms with van der Waals surface area (Å²) >= 11 is 0. The van der Waals surface area contributed by atoms with Crippen molar-refractivity contribution in [3.8, 4) is 0 Å². The predicted molar refractivity (Wildman–Crippen MR) is 77.5 cm³/mol. The van der Waals surface area contributed by atoms with Gasteiger partial charge in [0.15, 0.2) is 0 Å². The van der Waals surface area contributed by atoms with Gasteiger partial charge in [0.25, 0.3) is 0 Å². The molecule has 1 heterocycles. The van der Waals surface area contributed by atoms with E-state index in [2.05, 4.69) is 40.1 Å². The third-order valence-corrected chi connectivity index (χ3v) is 3.30. The van der Waals surface area contributed by atoms with Crippen molar-refractivity contribution in [1.29, 1.82) is 0 Å². The Labute approximate surface area is 110 Å². The van der Waals surface area contributed by atoms with Gasteiger partial charge >= 0.3 is 0 Å². The third-order valence-electron chi connectivity index (χ3n) is 3.30. The summed E-state index contributed by atoms with van der Waals surface area (Å²) in [5.41, 5.74) is 12.4. The number of pyridine rings is 1. The van der Waals surface area contributed by atoms with Crippen LogP contribution in [0.5, 0.6) is 0 Å². The van der Waals surface area contributed by atoms with Gasteiger partial charge in [-0.25, -0.2) is 0 Å². The van der Waals surface area contributed by atoms with E-state index in [1.54, 1.807) is 0 Å². The number of benzene rings is 2. The van der Waals surface area contributed by atoms with E-state index in [0.717, 1.165) is 27.4 Å².